The second-order valence-electron chi connectivity index (χ2n) is 7.20. The number of hydrogen-bond acceptors (Lipinski definition) is 5. The van der Waals surface area contributed by atoms with Crippen LogP contribution in [-0.2, 0) is 19.1 Å². The van der Waals surface area contributed by atoms with E-state index in [9.17, 15) is 14.4 Å². The van der Waals surface area contributed by atoms with E-state index < -0.39 is 11.2 Å². The number of carbonyl (C=O) groups is 3. The number of rotatable bonds is 4. The van der Waals surface area contributed by atoms with Crippen molar-refractivity contribution in [1.82, 2.24) is 4.90 Å². The van der Waals surface area contributed by atoms with Crippen molar-refractivity contribution < 1.29 is 19.1 Å². The molecule has 0 spiro atoms. The van der Waals surface area contributed by atoms with Crippen LogP contribution >= 0.6 is 11.8 Å². The molecule has 1 N–H and O–H groups in total. The summed E-state index contributed by atoms with van der Waals surface area (Å²) in [5.41, 5.74) is 0.760. The van der Waals surface area contributed by atoms with Gasteiger partial charge < -0.3 is 15.0 Å². The van der Waals surface area contributed by atoms with Gasteiger partial charge in [0, 0.05) is 18.0 Å². The first-order valence-electron chi connectivity index (χ1n) is 8.92. The van der Waals surface area contributed by atoms with Gasteiger partial charge in [-0.2, -0.15) is 0 Å². The summed E-state index contributed by atoms with van der Waals surface area (Å²) in [5.74, 6) is 0.0172. The minimum Gasteiger partial charge on any atom is -0.456 e. The van der Waals surface area contributed by atoms with Gasteiger partial charge in [0.1, 0.15) is 0 Å². The molecule has 0 aliphatic carbocycles. The number of likely N-dealkylation sites (tertiary alicyclic amines) is 1. The lowest BCUT2D eigenvalue weighted by molar-refractivity contribution is -0.153. The number of anilines is 1. The normalized spacial score (nSPS) is 25.2. The lowest BCUT2D eigenvalue weighted by Crippen LogP contribution is -2.44. The highest BCUT2D eigenvalue weighted by molar-refractivity contribution is 8.01. The minimum absolute atomic E-state index is 0.0507. The van der Waals surface area contributed by atoms with Crippen LogP contribution < -0.4 is 5.32 Å². The van der Waals surface area contributed by atoms with Crippen molar-refractivity contribution in [3.05, 3.63) is 24.3 Å². The van der Waals surface area contributed by atoms with Gasteiger partial charge in [-0.15, -0.1) is 11.8 Å². The molecule has 0 bridgehead atoms. The number of carbonyl (C=O) groups excluding carboxylic acids is 3. The maximum Gasteiger partial charge on any atom is 0.307 e. The molecule has 2 aliphatic heterocycles. The molecule has 0 unspecified atom stereocenters. The number of para-hydroxylation sites is 1. The molecule has 0 aromatic heterocycles. The van der Waals surface area contributed by atoms with Crippen LogP contribution in [0.2, 0.25) is 0 Å². The molecule has 7 heteroatoms. The Balaban J connectivity index is 1.48. The summed E-state index contributed by atoms with van der Waals surface area (Å²) < 4.78 is 5.14. The number of hydrogen-bond donors (Lipinski definition) is 1. The average Bonchev–Trinajstić information content (AvgIpc) is 2.59. The summed E-state index contributed by atoms with van der Waals surface area (Å²) >= 11 is 1.35. The third-order valence-electron chi connectivity index (χ3n) is 4.64. The fourth-order valence-electron chi connectivity index (χ4n) is 3.54. The molecule has 1 aromatic rings. The molecule has 26 heavy (non-hydrogen) atoms. The molecular weight excluding hydrogens is 352 g/mol. The molecule has 3 rings (SSSR count). The summed E-state index contributed by atoms with van der Waals surface area (Å²) in [5, 5.41) is 2.26. The molecule has 140 valence electrons. The molecule has 2 aliphatic rings. The SMILES string of the molecule is C[C@H]1C[C@H](C)CN(C(=O)COC(=O)C[C@H]2Sc3ccccc3NC2=O)C1. The predicted molar refractivity (Wildman–Crippen MR) is 99.8 cm³/mol. The van der Waals surface area contributed by atoms with Crippen LogP contribution in [0.1, 0.15) is 26.7 Å². The number of piperidine rings is 1. The molecule has 2 amide bonds. The topological polar surface area (TPSA) is 75.7 Å². The van der Waals surface area contributed by atoms with Gasteiger partial charge in [0.05, 0.1) is 17.4 Å². The predicted octanol–water partition coefficient (Wildman–Crippen LogP) is 2.54. The van der Waals surface area contributed by atoms with Gasteiger partial charge in [0.15, 0.2) is 6.61 Å². The smallest absolute Gasteiger partial charge is 0.307 e. The van der Waals surface area contributed by atoms with E-state index in [1.807, 2.05) is 24.3 Å². The van der Waals surface area contributed by atoms with E-state index in [1.54, 1.807) is 4.90 Å². The molecule has 0 radical (unpaired) electrons. The van der Waals surface area contributed by atoms with Crippen molar-refractivity contribution in [3.8, 4) is 0 Å². The standard InChI is InChI=1S/C19H24N2O4S/c1-12-7-13(2)10-21(9-12)17(22)11-25-18(23)8-16-19(24)20-14-5-3-4-6-15(14)26-16/h3-6,12-13,16H,7-11H2,1-2H3,(H,20,24)/t12-,13-,16+/m0/s1. The van der Waals surface area contributed by atoms with Crippen LogP contribution in [0.3, 0.4) is 0 Å². The lowest BCUT2D eigenvalue weighted by atomic mass is 9.92. The van der Waals surface area contributed by atoms with E-state index in [-0.39, 0.29) is 24.8 Å². The van der Waals surface area contributed by atoms with Crippen LogP contribution in [0.15, 0.2) is 29.2 Å². The van der Waals surface area contributed by atoms with Gasteiger partial charge in [-0.25, -0.2) is 0 Å². The van der Waals surface area contributed by atoms with Gasteiger partial charge in [0.25, 0.3) is 5.91 Å². The van der Waals surface area contributed by atoms with E-state index in [1.165, 1.54) is 11.8 Å². The molecule has 2 heterocycles. The molecule has 1 aromatic carbocycles. The highest BCUT2D eigenvalue weighted by Gasteiger charge is 2.30. The van der Waals surface area contributed by atoms with Crippen molar-refractivity contribution in [2.24, 2.45) is 11.8 Å². The number of amides is 2. The number of benzene rings is 1. The number of nitrogens with one attached hydrogen (secondary N) is 1. The fraction of sp³-hybridized carbons (Fsp3) is 0.526. The Bertz CT molecular complexity index is 699. The summed E-state index contributed by atoms with van der Waals surface area (Å²) in [6.07, 6.45) is 1.06. The van der Waals surface area contributed by atoms with Crippen LogP contribution in [-0.4, -0.2) is 47.6 Å². The van der Waals surface area contributed by atoms with E-state index in [2.05, 4.69) is 19.2 Å². The van der Waals surface area contributed by atoms with Gasteiger partial charge in [-0.05, 0) is 30.4 Å². The number of ether oxygens (including phenoxy) is 1. The van der Waals surface area contributed by atoms with Crippen molar-refractivity contribution >= 4 is 35.2 Å². The largest absolute Gasteiger partial charge is 0.456 e. The van der Waals surface area contributed by atoms with Crippen molar-refractivity contribution in [2.75, 3.05) is 25.0 Å². The third-order valence-corrected chi connectivity index (χ3v) is 5.91. The molecular formula is C19H24N2O4S. The lowest BCUT2D eigenvalue weighted by Gasteiger charge is -2.34. The first kappa shape index (κ1) is 18.8. The number of fused-ring (bicyclic) bond motifs is 1. The zero-order valence-corrected chi connectivity index (χ0v) is 15.9. The molecule has 3 atom stereocenters. The number of esters is 1. The summed E-state index contributed by atoms with van der Waals surface area (Å²) in [4.78, 5) is 39.2. The van der Waals surface area contributed by atoms with E-state index in [0.717, 1.165) is 17.0 Å². The monoisotopic (exact) mass is 376 g/mol. The Morgan fingerprint density at radius 2 is 1.92 bits per heavy atom. The average molecular weight is 376 g/mol. The molecule has 0 saturated carbocycles. The summed E-state index contributed by atoms with van der Waals surface area (Å²) in [6.45, 7) is 5.40. The van der Waals surface area contributed by atoms with Crippen molar-refractivity contribution in [3.63, 3.8) is 0 Å². The maximum absolute atomic E-state index is 12.3. The zero-order valence-electron chi connectivity index (χ0n) is 15.1. The van der Waals surface area contributed by atoms with Crippen LogP contribution in [0, 0.1) is 11.8 Å². The second-order valence-corrected chi connectivity index (χ2v) is 8.45. The van der Waals surface area contributed by atoms with Crippen molar-refractivity contribution in [2.45, 2.75) is 36.8 Å². The van der Waals surface area contributed by atoms with E-state index >= 15 is 0 Å². The first-order valence-corrected chi connectivity index (χ1v) is 9.80. The Morgan fingerprint density at radius 3 is 2.65 bits per heavy atom. The molecule has 6 nitrogen and oxygen atoms in total. The second kappa shape index (κ2) is 8.12. The van der Waals surface area contributed by atoms with Crippen LogP contribution in [0.4, 0.5) is 5.69 Å². The summed E-state index contributed by atoms with van der Waals surface area (Å²) in [7, 11) is 0. The van der Waals surface area contributed by atoms with Gasteiger partial charge in [-0.3, -0.25) is 14.4 Å². The highest BCUT2D eigenvalue weighted by Crippen LogP contribution is 2.36. The third kappa shape index (κ3) is 4.58. The number of thioether (sulfide) groups is 1. The van der Waals surface area contributed by atoms with Gasteiger partial charge in [0.2, 0.25) is 5.91 Å². The summed E-state index contributed by atoms with van der Waals surface area (Å²) in [6, 6.07) is 7.47. The maximum atomic E-state index is 12.3. The fourth-order valence-corrected chi connectivity index (χ4v) is 4.63. The van der Waals surface area contributed by atoms with Gasteiger partial charge >= 0.3 is 5.97 Å². The van der Waals surface area contributed by atoms with E-state index in [4.69, 9.17) is 4.74 Å². The Kier molecular flexibility index (Phi) is 5.86. The quantitative estimate of drug-likeness (QED) is 0.818. The van der Waals surface area contributed by atoms with E-state index in [0.29, 0.717) is 24.9 Å². The highest BCUT2D eigenvalue weighted by atomic mass is 32.2. The Morgan fingerprint density at radius 1 is 1.23 bits per heavy atom. The molecule has 1 saturated heterocycles. The molecule has 1 fully saturated rings. The minimum atomic E-state index is -0.539. The van der Waals surface area contributed by atoms with Gasteiger partial charge in [-0.1, -0.05) is 26.0 Å². The van der Waals surface area contributed by atoms with Crippen LogP contribution in [0.25, 0.3) is 0 Å². The number of nitrogens with zero attached hydrogens (tertiary/aromatic N) is 1. The first-order chi connectivity index (χ1) is 12.4. The Hall–Kier alpha value is -2.02. The van der Waals surface area contributed by atoms with Crippen molar-refractivity contribution in [1.29, 1.82) is 0 Å². The van der Waals surface area contributed by atoms with Crippen LogP contribution in [0.5, 0.6) is 0 Å². The zero-order chi connectivity index (χ0) is 18.7. The Labute approximate surface area is 157 Å².